The van der Waals surface area contributed by atoms with Gasteiger partial charge in [-0.3, -0.25) is 10.1 Å². The van der Waals surface area contributed by atoms with Crippen LogP contribution in [0.3, 0.4) is 0 Å². The Labute approximate surface area is 118 Å². The molecular formula is C15H21N3O2. The fourth-order valence-corrected chi connectivity index (χ4v) is 4.05. The molecule has 0 aliphatic heterocycles. The molecule has 108 valence electrons. The highest BCUT2D eigenvalue weighted by atomic mass is 16.6. The summed E-state index contributed by atoms with van der Waals surface area (Å²) in [6, 6.07) is 5.02. The number of hydrogen-bond donors (Lipinski definition) is 2. The molecule has 3 rings (SSSR count). The van der Waals surface area contributed by atoms with Gasteiger partial charge in [-0.2, -0.15) is 0 Å². The van der Waals surface area contributed by atoms with Crippen LogP contribution >= 0.6 is 0 Å². The maximum absolute atomic E-state index is 10.7. The predicted molar refractivity (Wildman–Crippen MR) is 79.5 cm³/mol. The summed E-state index contributed by atoms with van der Waals surface area (Å²) >= 11 is 0. The van der Waals surface area contributed by atoms with Crippen LogP contribution in [0.5, 0.6) is 0 Å². The molecule has 0 saturated heterocycles. The van der Waals surface area contributed by atoms with E-state index < -0.39 is 4.92 Å². The van der Waals surface area contributed by atoms with Gasteiger partial charge in [0, 0.05) is 18.2 Å². The van der Waals surface area contributed by atoms with Crippen LogP contribution in [0, 0.1) is 27.9 Å². The quantitative estimate of drug-likeness (QED) is 0.501. The first-order valence-corrected chi connectivity index (χ1v) is 7.35. The van der Waals surface area contributed by atoms with Crippen molar-refractivity contribution in [1.82, 2.24) is 0 Å². The number of nitrogens with one attached hydrogen (secondary N) is 1. The number of non-ortho nitro benzene ring substituents is 1. The van der Waals surface area contributed by atoms with Crippen molar-refractivity contribution in [2.75, 3.05) is 11.1 Å². The van der Waals surface area contributed by atoms with E-state index in [4.69, 9.17) is 5.73 Å². The largest absolute Gasteiger partial charge is 0.397 e. The van der Waals surface area contributed by atoms with Crippen LogP contribution in [0.15, 0.2) is 18.2 Å². The minimum Gasteiger partial charge on any atom is -0.397 e. The van der Waals surface area contributed by atoms with Gasteiger partial charge in [0.15, 0.2) is 0 Å². The number of nitro benzene ring substituents is 1. The second-order valence-electron chi connectivity index (χ2n) is 6.30. The van der Waals surface area contributed by atoms with Crippen LogP contribution < -0.4 is 11.1 Å². The van der Waals surface area contributed by atoms with Crippen LogP contribution in [0.2, 0.25) is 0 Å². The minimum absolute atomic E-state index is 0.0422. The van der Waals surface area contributed by atoms with Gasteiger partial charge in [-0.1, -0.05) is 6.42 Å². The van der Waals surface area contributed by atoms with E-state index in [1.807, 2.05) is 0 Å². The fraction of sp³-hybridized carbons (Fsp3) is 0.600. The molecule has 2 bridgehead atoms. The van der Waals surface area contributed by atoms with Gasteiger partial charge in [0.25, 0.3) is 5.69 Å². The van der Waals surface area contributed by atoms with E-state index in [2.05, 4.69) is 12.2 Å². The van der Waals surface area contributed by atoms with Gasteiger partial charge in [0.1, 0.15) is 0 Å². The number of hydrogen-bond acceptors (Lipinski definition) is 4. The highest BCUT2D eigenvalue weighted by Gasteiger charge is 2.41. The molecule has 20 heavy (non-hydrogen) atoms. The Morgan fingerprint density at radius 1 is 1.40 bits per heavy atom. The van der Waals surface area contributed by atoms with E-state index in [0.717, 1.165) is 17.5 Å². The average molecular weight is 275 g/mol. The van der Waals surface area contributed by atoms with Crippen molar-refractivity contribution in [3.63, 3.8) is 0 Å². The van der Waals surface area contributed by atoms with Gasteiger partial charge < -0.3 is 11.1 Å². The Kier molecular flexibility index (Phi) is 3.28. The zero-order valence-electron chi connectivity index (χ0n) is 11.7. The summed E-state index contributed by atoms with van der Waals surface area (Å²) in [6.45, 7) is 2.20. The van der Waals surface area contributed by atoms with Crippen LogP contribution in [0.4, 0.5) is 17.1 Å². The zero-order valence-corrected chi connectivity index (χ0v) is 11.7. The summed E-state index contributed by atoms with van der Waals surface area (Å²) in [5.74, 6) is 2.48. The second kappa shape index (κ2) is 4.96. The van der Waals surface area contributed by atoms with Gasteiger partial charge in [0.05, 0.1) is 16.3 Å². The molecule has 0 radical (unpaired) electrons. The van der Waals surface area contributed by atoms with Gasteiger partial charge in [0.2, 0.25) is 0 Å². The number of rotatable bonds is 4. The van der Waals surface area contributed by atoms with E-state index >= 15 is 0 Å². The van der Waals surface area contributed by atoms with Crippen molar-refractivity contribution in [2.45, 2.75) is 38.6 Å². The SMILES string of the molecule is CC(Nc1ccc([N+](=O)[O-])cc1N)C1CC2CCC1C2. The Morgan fingerprint density at radius 2 is 2.20 bits per heavy atom. The van der Waals surface area contributed by atoms with Gasteiger partial charge in [-0.25, -0.2) is 0 Å². The van der Waals surface area contributed by atoms with Gasteiger partial charge in [-0.15, -0.1) is 0 Å². The fourth-order valence-electron chi connectivity index (χ4n) is 4.05. The maximum Gasteiger partial charge on any atom is 0.271 e. The number of nitrogens with two attached hydrogens (primary N) is 1. The summed E-state index contributed by atoms with van der Waals surface area (Å²) in [5.41, 5.74) is 7.22. The molecule has 5 heteroatoms. The molecule has 4 atom stereocenters. The number of fused-ring (bicyclic) bond motifs is 2. The third kappa shape index (κ3) is 2.32. The third-order valence-electron chi connectivity index (χ3n) is 5.06. The standard InChI is InChI=1S/C15H21N3O2/c1-9(13-7-10-2-3-11(13)6-10)17-15-5-4-12(18(19)20)8-14(15)16/h4-5,8-11,13,17H,2-3,6-7,16H2,1H3. The summed E-state index contributed by atoms with van der Waals surface area (Å²) in [5, 5.41) is 14.2. The van der Waals surface area contributed by atoms with Crippen molar-refractivity contribution in [3.8, 4) is 0 Å². The van der Waals surface area contributed by atoms with Crippen molar-refractivity contribution >= 4 is 17.1 Å². The van der Waals surface area contributed by atoms with Crippen molar-refractivity contribution in [1.29, 1.82) is 0 Å². The highest BCUT2D eigenvalue weighted by Crippen LogP contribution is 2.50. The lowest BCUT2D eigenvalue weighted by Gasteiger charge is -2.29. The molecule has 0 aromatic heterocycles. The summed E-state index contributed by atoms with van der Waals surface area (Å²) in [6.07, 6.45) is 5.45. The van der Waals surface area contributed by atoms with Crippen LogP contribution in [-0.4, -0.2) is 11.0 Å². The average Bonchev–Trinajstić information content (AvgIpc) is 3.03. The highest BCUT2D eigenvalue weighted by molar-refractivity contribution is 5.69. The third-order valence-corrected chi connectivity index (χ3v) is 5.06. The molecule has 4 unspecified atom stereocenters. The van der Waals surface area contributed by atoms with Gasteiger partial charge in [-0.05, 0) is 50.0 Å². The van der Waals surface area contributed by atoms with Crippen molar-refractivity contribution in [3.05, 3.63) is 28.3 Å². The summed E-state index contributed by atoms with van der Waals surface area (Å²) in [7, 11) is 0. The molecule has 2 fully saturated rings. The summed E-state index contributed by atoms with van der Waals surface area (Å²) in [4.78, 5) is 10.3. The van der Waals surface area contributed by atoms with E-state index in [9.17, 15) is 10.1 Å². The van der Waals surface area contributed by atoms with Gasteiger partial charge >= 0.3 is 0 Å². The predicted octanol–water partition coefficient (Wildman–Crippen LogP) is 3.41. The molecule has 0 amide bonds. The molecule has 2 saturated carbocycles. The lowest BCUT2D eigenvalue weighted by molar-refractivity contribution is -0.384. The molecule has 0 heterocycles. The zero-order chi connectivity index (χ0) is 14.3. The van der Waals surface area contributed by atoms with E-state index in [0.29, 0.717) is 17.6 Å². The first-order chi connectivity index (χ1) is 9.54. The van der Waals surface area contributed by atoms with Crippen molar-refractivity contribution in [2.24, 2.45) is 17.8 Å². The minimum atomic E-state index is -0.417. The number of nitro groups is 1. The van der Waals surface area contributed by atoms with Crippen LogP contribution in [0.25, 0.3) is 0 Å². The number of anilines is 2. The number of benzene rings is 1. The molecule has 1 aromatic carbocycles. The number of nitrogen functional groups attached to an aromatic ring is 1. The normalized spacial score (nSPS) is 29.4. The smallest absolute Gasteiger partial charge is 0.271 e. The first kappa shape index (κ1) is 13.2. The Morgan fingerprint density at radius 3 is 2.75 bits per heavy atom. The topological polar surface area (TPSA) is 81.2 Å². The van der Waals surface area contributed by atoms with E-state index in [1.165, 1.54) is 37.8 Å². The first-order valence-electron chi connectivity index (χ1n) is 7.35. The monoisotopic (exact) mass is 275 g/mol. The molecule has 3 N–H and O–H groups in total. The molecule has 2 aliphatic carbocycles. The van der Waals surface area contributed by atoms with Crippen LogP contribution in [-0.2, 0) is 0 Å². The lowest BCUT2D eigenvalue weighted by atomic mass is 9.84. The second-order valence-corrected chi connectivity index (χ2v) is 6.30. The van der Waals surface area contributed by atoms with E-state index in [1.54, 1.807) is 6.07 Å². The molecule has 2 aliphatic rings. The molecule has 1 aromatic rings. The van der Waals surface area contributed by atoms with Crippen LogP contribution in [0.1, 0.15) is 32.6 Å². The summed E-state index contributed by atoms with van der Waals surface area (Å²) < 4.78 is 0. The molecular weight excluding hydrogens is 254 g/mol. The lowest BCUT2D eigenvalue weighted by Crippen LogP contribution is -2.30. The Bertz CT molecular complexity index is 532. The number of nitrogens with zero attached hydrogens (tertiary/aromatic N) is 1. The van der Waals surface area contributed by atoms with E-state index in [-0.39, 0.29) is 5.69 Å². The Balaban J connectivity index is 1.70. The maximum atomic E-state index is 10.7. The molecule has 5 nitrogen and oxygen atoms in total. The van der Waals surface area contributed by atoms with Crippen molar-refractivity contribution < 1.29 is 4.92 Å². The molecule has 0 spiro atoms. The Hall–Kier alpha value is -1.78.